The van der Waals surface area contributed by atoms with Crippen LogP contribution in [0.5, 0.6) is 0 Å². The SMILES string of the molecule is CC(C)[C@@H](C(=O)NC[C@H]1CCCO1)N1C(=O)[C@@H]2[C@H](C1=O)C1(Cl)c3ccccc3C2(Cl)c2ccccc21. The first-order valence-electron chi connectivity index (χ1n) is 12.6. The monoisotopic (exact) mass is 526 g/mol. The van der Waals surface area contributed by atoms with Crippen molar-refractivity contribution >= 4 is 40.9 Å². The van der Waals surface area contributed by atoms with Gasteiger partial charge >= 0.3 is 0 Å². The summed E-state index contributed by atoms with van der Waals surface area (Å²) < 4.78 is 5.63. The topological polar surface area (TPSA) is 75.7 Å². The minimum Gasteiger partial charge on any atom is -0.376 e. The van der Waals surface area contributed by atoms with Crippen LogP contribution in [0.3, 0.4) is 0 Å². The molecule has 0 spiro atoms. The second kappa shape index (κ2) is 8.30. The maximum atomic E-state index is 14.2. The number of nitrogens with one attached hydrogen (secondary N) is 1. The Kier molecular flexibility index (Phi) is 5.52. The van der Waals surface area contributed by atoms with Crippen molar-refractivity contribution in [2.75, 3.05) is 13.2 Å². The van der Waals surface area contributed by atoms with E-state index in [2.05, 4.69) is 5.32 Å². The number of carbonyl (C=O) groups excluding carboxylic acids is 3. The minimum absolute atomic E-state index is 0.0496. The highest BCUT2D eigenvalue weighted by Crippen LogP contribution is 2.69. The molecule has 2 aliphatic heterocycles. The van der Waals surface area contributed by atoms with Crippen LogP contribution in [0.2, 0.25) is 0 Å². The number of rotatable bonds is 5. The van der Waals surface area contributed by atoms with Crippen molar-refractivity contribution in [1.82, 2.24) is 10.2 Å². The lowest BCUT2D eigenvalue weighted by atomic mass is 9.54. The first kappa shape index (κ1) is 24.0. The van der Waals surface area contributed by atoms with Crippen LogP contribution in [0.4, 0.5) is 0 Å². The van der Waals surface area contributed by atoms with E-state index in [0.717, 1.165) is 40.0 Å². The van der Waals surface area contributed by atoms with E-state index < -0.39 is 39.4 Å². The van der Waals surface area contributed by atoms with E-state index in [1.54, 1.807) is 0 Å². The Hall–Kier alpha value is -2.41. The lowest BCUT2D eigenvalue weighted by molar-refractivity contribution is -0.149. The summed E-state index contributed by atoms with van der Waals surface area (Å²) in [6, 6.07) is 14.1. The van der Waals surface area contributed by atoms with E-state index in [0.29, 0.717) is 13.2 Å². The maximum Gasteiger partial charge on any atom is 0.243 e. The Bertz CT molecular complexity index is 1150. The zero-order valence-electron chi connectivity index (χ0n) is 20.2. The zero-order valence-corrected chi connectivity index (χ0v) is 21.7. The van der Waals surface area contributed by atoms with Crippen molar-refractivity contribution in [2.45, 2.75) is 48.6 Å². The number of benzene rings is 2. The van der Waals surface area contributed by atoms with Gasteiger partial charge in [-0.1, -0.05) is 62.4 Å². The van der Waals surface area contributed by atoms with Crippen LogP contribution in [-0.4, -0.2) is 47.9 Å². The van der Waals surface area contributed by atoms with E-state index in [-0.39, 0.29) is 17.9 Å². The Balaban J connectivity index is 1.44. The molecular formula is C28H28Cl2N2O4. The van der Waals surface area contributed by atoms with Crippen molar-refractivity contribution in [3.63, 3.8) is 0 Å². The molecule has 0 unspecified atom stereocenters. The van der Waals surface area contributed by atoms with Gasteiger partial charge in [-0.25, -0.2) is 0 Å². The number of imide groups is 1. The van der Waals surface area contributed by atoms with E-state index in [1.807, 2.05) is 62.4 Å². The molecule has 2 heterocycles. The second-order valence-corrected chi connectivity index (χ2v) is 11.8. The number of ether oxygens (including phenoxy) is 1. The summed E-state index contributed by atoms with van der Waals surface area (Å²) in [6.45, 7) is 4.70. The molecule has 7 rings (SSSR count). The molecule has 0 radical (unpaired) electrons. The second-order valence-electron chi connectivity index (χ2n) is 10.6. The third kappa shape index (κ3) is 2.98. The van der Waals surface area contributed by atoms with E-state index >= 15 is 0 Å². The number of halogens is 2. The molecule has 4 atom stereocenters. The quantitative estimate of drug-likeness (QED) is 0.473. The van der Waals surface area contributed by atoms with Crippen molar-refractivity contribution in [1.29, 1.82) is 0 Å². The number of amides is 3. The van der Waals surface area contributed by atoms with Crippen LogP contribution >= 0.6 is 23.2 Å². The van der Waals surface area contributed by atoms with Gasteiger partial charge in [-0.3, -0.25) is 19.3 Å². The number of alkyl halides is 2. The Labute approximate surface area is 220 Å². The molecular weight excluding hydrogens is 499 g/mol. The summed E-state index contributed by atoms with van der Waals surface area (Å²) >= 11 is 15.0. The van der Waals surface area contributed by atoms with E-state index in [4.69, 9.17) is 27.9 Å². The molecule has 0 saturated carbocycles. The van der Waals surface area contributed by atoms with Crippen LogP contribution < -0.4 is 5.32 Å². The van der Waals surface area contributed by atoms with Crippen LogP contribution in [0.1, 0.15) is 48.9 Å². The summed E-state index contributed by atoms with van der Waals surface area (Å²) in [5.74, 6) is -3.39. The van der Waals surface area contributed by atoms with Crippen LogP contribution in [0.25, 0.3) is 0 Å². The lowest BCUT2D eigenvalue weighted by Gasteiger charge is -2.54. The average molecular weight is 527 g/mol. The molecule has 2 fully saturated rings. The predicted molar refractivity (Wildman–Crippen MR) is 136 cm³/mol. The third-order valence-corrected chi connectivity index (χ3v) is 9.61. The third-order valence-electron chi connectivity index (χ3n) is 8.33. The standard InChI is InChI=1S/C28H28Cl2N2O4/c1-15(2)23(24(33)31-14-16-8-7-13-36-16)32-25(34)21-22(26(32)35)28(30)18-10-4-3-9-17(18)27(21,29)19-11-5-6-12-20(19)28/h3-6,9-12,15-16,21-23H,7-8,13-14H2,1-2H3,(H,31,33)/t16-,21-,22+,23+,27?,28?/m1/s1. The zero-order chi connectivity index (χ0) is 25.4. The number of nitrogens with zero attached hydrogens (tertiary/aromatic N) is 1. The highest BCUT2D eigenvalue weighted by molar-refractivity contribution is 6.36. The first-order chi connectivity index (χ1) is 17.2. The number of hydrogen-bond acceptors (Lipinski definition) is 4. The van der Waals surface area contributed by atoms with Crippen molar-refractivity contribution in [3.8, 4) is 0 Å². The summed E-state index contributed by atoms with van der Waals surface area (Å²) in [4.78, 5) is 40.4. The van der Waals surface area contributed by atoms with Gasteiger partial charge in [0.15, 0.2) is 0 Å². The Morgan fingerprint density at radius 2 is 1.44 bits per heavy atom. The normalized spacial score (nSPS) is 32.9. The number of carbonyl (C=O) groups is 3. The Morgan fingerprint density at radius 1 is 0.972 bits per heavy atom. The first-order valence-corrected chi connectivity index (χ1v) is 13.3. The molecule has 5 aliphatic rings. The van der Waals surface area contributed by atoms with Crippen LogP contribution in [0.15, 0.2) is 48.5 Å². The van der Waals surface area contributed by atoms with Crippen molar-refractivity contribution in [2.24, 2.45) is 17.8 Å². The molecule has 2 aromatic rings. The molecule has 2 saturated heterocycles. The van der Waals surface area contributed by atoms with Crippen LogP contribution in [-0.2, 0) is 28.9 Å². The Morgan fingerprint density at radius 3 is 1.83 bits per heavy atom. The molecule has 8 heteroatoms. The fraction of sp³-hybridized carbons (Fsp3) is 0.464. The summed E-state index contributed by atoms with van der Waals surface area (Å²) in [5.41, 5.74) is 2.98. The van der Waals surface area contributed by atoms with Crippen molar-refractivity contribution < 1.29 is 19.1 Å². The molecule has 1 N–H and O–H groups in total. The van der Waals surface area contributed by atoms with Gasteiger partial charge < -0.3 is 10.1 Å². The average Bonchev–Trinajstić information content (AvgIpc) is 3.48. The van der Waals surface area contributed by atoms with Gasteiger partial charge in [-0.05, 0) is 41.0 Å². The van der Waals surface area contributed by atoms with Gasteiger partial charge in [0.05, 0.1) is 17.9 Å². The molecule has 3 amide bonds. The van der Waals surface area contributed by atoms with Gasteiger partial charge in [-0.2, -0.15) is 0 Å². The molecule has 2 bridgehead atoms. The molecule has 188 valence electrons. The number of likely N-dealkylation sites (tertiary alicyclic amines) is 1. The smallest absolute Gasteiger partial charge is 0.243 e. The van der Waals surface area contributed by atoms with E-state index in [1.165, 1.54) is 0 Å². The molecule has 36 heavy (non-hydrogen) atoms. The van der Waals surface area contributed by atoms with Crippen molar-refractivity contribution in [3.05, 3.63) is 70.8 Å². The van der Waals surface area contributed by atoms with Gasteiger partial charge in [0.25, 0.3) is 0 Å². The molecule has 3 aliphatic carbocycles. The highest BCUT2D eigenvalue weighted by atomic mass is 35.5. The molecule has 2 aromatic carbocycles. The van der Waals surface area contributed by atoms with Gasteiger partial charge in [0.2, 0.25) is 17.7 Å². The van der Waals surface area contributed by atoms with Gasteiger partial charge in [0.1, 0.15) is 15.8 Å². The minimum atomic E-state index is -1.26. The lowest BCUT2D eigenvalue weighted by Crippen LogP contribution is -2.57. The van der Waals surface area contributed by atoms with Crippen LogP contribution in [0, 0.1) is 17.8 Å². The summed E-state index contributed by atoms with van der Waals surface area (Å²) in [5, 5.41) is 2.92. The predicted octanol–water partition coefficient (Wildman–Crippen LogP) is 3.90. The fourth-order valence-electron chi connectivity index (χ4n) is 6.81. The molecule has 0 aromatic heterocycles. The molecule has 6 nitrogen and oxygen atoms in total. The fourth-order valence-corrected chi connectivity index (χ4v) is 7.90. The number of hydrogen-bond donors (Lipinski definition) is 1. The maximum absolute atomic E-state index is 14.2. The van der Waals surface area contributed by atoms with Gasteiger partial charge in [-0.15, -0.1) is 23.2 Å². The summed E-state index contributed by atoms with van der Waals surface area (Å²) in [6.07, 6.45) is 1.78. The highest BCUT2D eigenvalue weighted by Gasteiger charge is 2.73. The van der Waals surface area contributed by atoms with Gasteiger partial charge in [0, 0.05) is 13.2 Å². The largest absolute Gasteiger partial charge is 0.376 e. The summed E-state index contributed by atoms with van der Waals surface area (Å²) in [7, 11) is 0. The van der Waals surface area contributed by atoms with E-state index in [9.17, 15) is 14.4 Å².